The summed E-state index contributed by atoms with van der Waals surface area (Å²) < 4.78 is 6.70. The smallest absolute Gasteiger partial charge is 0.267 e. The zero-order valence-electron chi connectivity index (χ0n) is 15.2. The Morgan fingerprint density at radius 1 is 1.15 bits per heavy atom. The number of hydrogen-bond acceptors (Lipinski definition) is 6. The maximum absolute atomic E-state index is 12.5. The molecule has 2 aromatic carbocycles. The number of ether oxygens (including phenoxy) is 1. The first-order valence-corrected chi connectivity index (χ1v) is 10.5. The monoisotopic (exact) mass is 399 g/mol. The van der Waals surface area contributed by atoms with Crippen LogP contribution in [-0.2, 0) is 10.5 Å². The third-order valence-electron chi connectivity index (χ3n) is 3.87. The SMILES string of the molecule is CC[C@H](Oc1ccccc1C)C(=O)Nc1nnc(SCc2ccccc2)s1. The molecule has 0 aliphatic heterocycles. The lowest BCUT2D eigenvalue weighted by atomic mass is 10.2. The molecule has 0 spiro atoms. The fourth-order valence-corrected chi connectivity index (χ4v) is 4.10. The van der Waals surface area contributed by atoms with Crippen molar-refractivity contribution in [2.45, 2.75) is 36.5 Å². The number of benzene rings is 2. The maximum atomic E-state index is 12.5. The Labute approximate surface area is 167 Å². The fraction of sp³-hybridized carbons (Fsp3) is 0.250. The average molecular weight is 400 g/mol. The van der Waals surface area contributed by atoms with Gasteiger partial charge in [-0.15, -0.1) is 10.2 Å². The molecule has 1 heterocycles. The molecule has 0 saturated heterocycles. The number of carbonyl (C=O) groups excluding carboxylic acids is 1. The average Bonchev–Trinajstić information content (AvgIpc) is 3.14. The minimum atomic E-state index is -0.574. The van der Waals surface area contributed by atoms with Crippen LogP contribution in [0.1, 0.15) is 24.5 Å². The highest BCUT2D eigenvalue weighted by Crippen LogP contribution is 2.28. The second-order valence-electron chi connectivity index (χ2n) is 5.92. The van der Waals surface area contributed by atoms with Gasteiger partial charge in [0.2, 0.25) is 5.13 Å². The Bertz CT molecular complexity index is 884. The van der Waals surface area contributed by atoms with Crippen molar-refractivity contribution in [2.24, 2.45) is 0 Å². The molecule has 0 aliphatic carbocycles. The molecule has 140 valence electrons. The molecule has 0 fully saturated rings. The van der Waals surface area contributed by atoms with Crippen molar-refractivity contribution in [2.75, 3.05) is 5.32 Å². The van der Waals surface area contributed by atoms with Crippen LogP contribution in [0.2, 0.25) is 0 Å². The van der Waals surface area contributed by atoms with E-state index >= 15 is 0 Å². The number of nitrogens with one attached hydrogen (secondary N) is 1. The van der Waals surface area contributed by atoms with Crippen LogP contribution in [0.25, 0.3) is 0 Å². The molecule has 1 N–H and O–H groups in total. The minimum absolute atomic E-state index is 0.212. The molecular formula is C20H21N3O2S2. The first-order valence-electron chi connectivity index (χ1n) is 8.69. The Balaban J connectivity index is 1.56. The summed E-state index contributed by atoms with van der Waals surface area (Å²) >= 11 is 2.97. The summed E-state index contributed by atoms with van der Waals surface area (Å²) in [7, 11) is 0. The van der Waals surface area contributed by atoms with Gasteiger partial charge in [0.15, 0.2) is 10.4 Å². The highest BCUT2D eigenvalue weighted by Gasteiger charge is 2.20. The number of amides is 1. The van der Waals surface area contributed by atoms with Crippen LogP contribution in [0.4, 0.5) is 5.13 Å². The van der Waals surface area contributed by atoms with Crippen LogP contribution < -0.4 is 10.1 Å². The van der Waals surface area contributed by atoms with Gasteiger partial charge >= 0.3 is 0 Å². The van der Waals surface area contributed by atoms with Crippen molar-refractivity contribution in [1.82, 2.24) is 10.2 Å². The van der Waals surface area contributed by atoms with Gasteiger partial charge in [0.05, 0.1) is 0 Å². The maximum Gasteiger partial charge on any atom is 0.267 e. The number of thioether (sulfide) groups is 1. The number of rotatable bonds is 8. The van der Waals surface area contributed by atoms with E-state index in [-0.39, 0.29) is 5.91 Å². The minimum Gasteiger partial charge on any atom is -0.480 e. The number of hydrogen-bond donors (Lipinski definition) is 1. The molecule has 0 bridgehead atoms. The van der Waals surface area contributed by atoms with Crippen molar-refractivity contribution in [1.29, 1.82) is 0 Å². The van der Waals surface area contributed by atoms with Crippen LogP contribution >= 0.6 is 23.1 Å². The standard InChI is InChI=1S/C20H21N3O2S2/c1-3-16(25-17-12-8-7-9-14(17)2)18(24)21-19-22-23-20(27-19)26-13-15-10-5-4-6-11-15/h4-12,16H,3,13H2,1-2H3,(H,21,22,24)/t16-/m0/s1. The Morgan fingerprint density at radius 2 is 1.89 bits per heavy atom. The molecule has 1 atom stereocenters. The summed E-state index contributed by atoms with van der Waals surface area (Å²) in [4.78, 5) is 12.5. The number of anilines is 1. The van der Waals surface area contributed by atoms with Gasteiger partial charge in [0.1, 0.15) is 5.75 Å². The molecule has 5 nitrogen and oxygen atoms in total. The van der Waals surface area contributed by atoms with Crippen LogP contribution in [0, 0.1) is 6.92 Å². The molecule has 3 rings (SSSR count). The topological polar surface area (TPSA) is 64.1 Å². The third-order valence-corrected chi connectivity index (χ3v) is 5.91. The van der Waals surface area contributed by atoms with Crippen LogP contribution in [-0.4, -0.2) is 22.2 Å². The van der Waals surface area contributed by atoms with E-state index in [0.717, 1.165) is 21.4 Å². The van der Waals surface area contributed by atoms with E-state index in [1.54, 1.807) is 11.8 Å². The Morgan fingerprint density at radius 3 is 2.63 bits per heavy atom. The molecule has 0 unspecified atom stereocenters. The molecule has 1 amide bonds. The highest BCUT2D eigenvalue weighted by molar-refractivity contribution is 8.00. The van der Waals surface area contributed by atoms with Crippen LogP contribution in [0.5, 0.6) is 5.75 Å². The van der Waals surface area contributed by atoms with Crippen LogP contribution in [0.3, 0.4) is 0 Å². The lowest BCUT2D eigenvalue weighted by molar-refractivity contribution is -0.122. The van der Waals surface area contributed by atoms with Crippen LogP contribution in [0.15, 0.2) is 58.9 Å². The lowest BCUT2D eigenvalue weighted by Crippen LogP contribution is -2.32. The predicted molar refractivity (Wildman–Crippen MR) is 110 cm³/mol. The summed E-state index contributed by atoms with van der Waals surface area (Å²) in [6.45, 7) is 3.88. The van der Waals surface area contributed by atoms with Crippen molar-refractivity contribution >= 4 is 34.1 Å². The van der Waals surface area contributed by atoms with Gasteiger partial charge in [0.25, 0.3) is 5.91 Å². The second kappa shape index (κ2) is 9.53. The molecule has 0 radical (unpaired) electrons. The molecule has 7 heteroatoms. The summed E-state index contributed by atoms with van der Waals surface area (Å²) in [5.41, 5.74) is 2.22. The van der Waals surface area contributed by atoms with E-state index in [4.69, 9.17) is 4.74 Å². The molecule has 3 aromatic rings. The van der Waals surface area contributed by atoms with Gasteiger partial charge in [-0.25, -0.2) is 0 Å². The quantitative estimate of drug-likeness (QED) is 0.430. The first kappa shape index (κ1) is 19.4. The number of aryl methyl sites for hydroxylation is 1. The molecule has 0 aliphatic rings. The largest absolute Gasteiger partial charge is 0.480 e. The van der Waals surface area contributed by atoms with E-state index in [9.17, 15) is 4.79 Å². The molecular weight excluding hydrogens is 378 g/mol. The Hall–Kier alpha value is -2.38. The van der Waals surface area contributed by atoms with Gasteiger partial charge in [-0.05, 0) is 30.5 Å². The number of nitrogens with zero attached hydrogens (tertiary/aromatic N) is 2. The summed E-state index contributed by atoms with van der Waals surface area (Å²) in [5.74, 6) is 1.32. The zero-order valence-corrected chi connectivity index (χ0v) is 16.8. The summed E-state index contributed by atoms with van der Waals surface area (Å²) in [6, 6.07) is 17.8. The van der Waals surface area contributed by atoms with Gasteiger partial charge in [-0.3, -0.25) is 10.1 Å². The van der Waals surface area contributed by atoms with Crippen molar-refractivity contribution < 1.29 is 9.53 Å². The second-order valence-corrected chi connectivity index (χ2v) is 8.12. The van der Waals surface area contributed by atoms with E-state index in [2.05, 4.69) is 27.6 Å². The number of carbonyl (C=O) groups is 1. The van der Waals surface area contributed by atoms with E-state index in [0.29, 0.717) is 11.6 Å². The molecule has 1 aromatic heterocycles. The van der Waals surface area contributed by atoms with Crippen molar-refractivity contribution in [3.8, 4) is 5.75 Å². The number of aromatic nitrogens is 2. The number of para-hydroxylation sites is 1. The predicted octanol–water partition coefficient (Wildman–Crippen LogP) is 4.93. The molecule has 0 saturated carbocycles. The lowest BCUT2D eigenvalue weighted by Gasteiger charge is -2.17. The first-order chi connectivity index (χ1) is 13.2. The van der Waals surface area contributed by atoms with Gasteiger partial charge in [0, 0.05) is 5.75 Å². The van der Waals surface area contributed by atoms with Crippen molar-refractivity contribution in [3.63, 3.8) is 0 Å². The molecule has 27 heavy (non-hydrogen) atoms. The van der Waals surface area contributed by atoms with E-state index < -0.39 is 6.10 Å². The van der Waals surface area contributed by atoms with Crippen molar-refractivity contribution in [3.05, 3.63) is 65.7 Å². The van der Waals surface area contributed by atoms with E-state index in [1.807, 2.05) is 56.3 Å². The zero-order chi connectivity index (χ0) is 19.1. The third kappa shape index (κ3) is 5.55. The van der Waals surface area contributed by atoms with E-state index in [1.165, 1.54) is 16.9 Å². The summed E-state index contributed by atoms with van der Waals surface area (Å²) in [5, 5.41) is 11.5. The van der Waals surface area contributed by atoms with Gasteiger partial charge in [-0.2, -0.15) is 0 Å². The van der Waals surface area contributed by atoms with Gasteiger partial charge < -0.3 is 4.74 Å². The van der Waals surface area contributed by atoms with Gasteiger partial charge in [-0.1, -0.05) is 78.6 Å². The normalized spacial score (nSPS) is 11.8. The highest BCUT2D eigenvalue weighted by atomic mass is 32.2. The Kier molecular flexibility index (Phi) is 6.84. The summed E-state index contributed by atoms with van der Waals surface area (Å²) in [6.07, 6.45) is -0.00961. The fourth-order valence-electron chi connectivity index (χ4n) is 2.39.